The lowest BCUT2D eigenvalue weighted by molar-refractivity contribution is -0.150. The molecule has 0 radical (unpaired) electrons. The summed E-state index contributed by atoms with van der Waals surface area (Å²) >= 11 is 0. The molecule has 0 spiro atoms. The SMILES string of the molecule is CC(C)C[C@H](NC(=O)C1CCC(NC(=O)C2CCCC2)CC1)C(=O)OCc1ccccc1. The largest absolute Gasteiger partial charge is 0.459 e. The van der Waals surface area contributed by atoms with Crippen LogP contribution < -0.4 is 10.6 Å². The lowest BCUT2D eigenvalue weighted by atomic mass is 9.85. The number of amides is 2. The van der Waals surface area contributed by atoms with Gasteiger partial charge in [-0.2, -0.15) is 0 Å². The second-order valence-electron chi connectivity index (χ2n) is 9.82. The topological polar surface area (TPSA) is 84.5 Å². The molecule has 1 atom stereocenters. The van der Waals surface area contributed by atoms with Gasteiger partial charge in [0.05, 0.1) is 0 Å². The standard InChI is InChI=1S/C26H38N2O4/c1-18(2)16-23(26(31)32-17-19-8-4-3-5-9-19)28-25(30)21-12-14-22(15-13-21)27-24(29)20-10-6-7-11-20/h3-5,8-9,18,20-23H,6-7,10-17H2,1-2H3,(H,27,29)(H,28,30)/t21?,22?,23-/m0/s1. The van der Waals surface area contributed by atoms with Crippen molar-refractivity contribution in [2.45, 2.75) is 90.3 Å². The first-order chi connectivity index (χ1) is 15.4. The summed E-state index contributed by atoms with van der Waals surface area (Å²) in [6, 6.07) is 9.08. The van der Waals surface area contributed by atoms with E-state index >= 15 is 0 Å². The fourth-order valence-electron chi connectivity index (χ4n) is 4.81. The first kappa shape index (κ1) is 24.3. The van der Waals surface area contributed by atoms with Gasteiger partial charge < -0.3 is 15.4 Å². The molecular weight excluding hydrogens is 404 g/mol. The summed E-state index contributed by atoms with van der Waals surface area (Å²) in [7, 11) is 0. The fraction of sp³-hybridized carbons (Fsp3) is 0.654. The molecule has 1 aromatic carbocycles. The van der Waals surface area contributed by atoms with Crippen molar-refractivity contribution in [3.8, 4) is 0 Å². The Morgan fingerprint density at radius 3 is 2.16 bits per heavy atom. The zero-order valence-corrected chi connectivity index (χ0v) is 19.5. The minimum atomic E-state index is -0.633. The van der Waals surface area contributed by atoms with Crippen LogP contribution in [0.2, 0.25) is 0 Å². The van der Waals surface area contributed by atoms with Crippen LogP contribution in [0.3, 0.4) is 0 Å². The molecule has 6 heteroatoms. The van der Waals surface area contributed by atoms with Crippen LogP contribution in [0.5, 0.6) is 0 Å². The molecule has 2 N–H and O–H groups in total. The van der Waals surface area contributed by atoms with Crippen molar-refractivity contribution < 1.29 is 19.1 Å². The minimum absolute atomic E-state index is 0.0760. The van der Waals surface area contributed by atoms with Gasteiger partial charge in [0.1, 0.15) is 12.6 Å². The van der Waals surface area contributed by atoms with Gasteiger partial charge in [-0.05, 0) is 56.4 Å². The molecule has 0 bridgehead atoms. The van der Waals surface area contributed by atoms with Crippen LogP contribution in [-0.4, -0.2) is 29.9 Å². The molecule has 2 aliphatic carbocycles. The number of rotatable bonds is 9. The van der Waals surface area contributed by atoms with Gasteiger partial charge in [0, 0.05) is 17.9 Å². The Morgan fingerprint density at radius 1 is 0.906 bits per heavy atom. The van der Waals surface area contributed by atoms with Gasteiger partial charge in [0.2, 0.25) is 11.8 Å². The van der Waals surface area contributed by atoms with E-state index in [-0.39, 0.29) is 48.2 Å². The average Bonchev–Trinajstić information content (AvgIpc) is 3.33. The lowest BCUT2D eigenvalue weighted by Gasteiger charge is -2.30. The predicted molar refractivity (Wildman–Crippen MR) is 123 cm³/mol. The van der Waals surface area contributed by atoms with Gasteiger partial charge in [0.15, 0.2) is 0 Å². The number of carbonyl (C=O) groups is 3. The normalized spacial score (nSPS) is 22.3. The molecule has 0 unspecified atom stereocenters. The molecule has 6 nitrogen and oxygen atoms in total. The van der Waals surface area contributed by atoms with Crippen molar-refractivity contribution in [3.05, 3.63) is 35.9 Å². The number of benzene rings is 1. The monoisotopic (exact) mass is 442 g/mol. The van der Waals surface area contributed by atoms with E-state index in [0.29, 0.717) is 6.42 Å². The predicted octanol–water partition coefficient (Wildman–Crippen LogP) is 4.13. The molecule has 176 valence electrons. The van der Waals surface area contributed by atoms with E-state index in [0.717, 1.165) is 56.9 Å². The maximum atomic E-state index is 12.9. The van der Waals surface area contributed by atoms with Crippen LogP contribution in [0.25, 0.3) is 0 Å². The highest BCUT2D eigenvalue weighted by atomic mass is 16.5. The molecule has 0 aliphatic heterocycles. The van der Waals surface area contributed by atoms with E-state index < -0.39 is 6.04 Å². The van der Waals surface area contributed by atoms with Crippen molar-refractivity contribution in [2.75, 3.05) is 0 Å². The summed E-state index contributed by atoms with van der Waals surface area (Å²) in [5, 5.41) is 6.15. The average molecular weight is 443 g/mol. The van der Waals surface area contributed by atoms with Crippen molar-refractivity contribution in [3.63, 3.8) is 0 Å². The quantitative estimate of drug-likeness (QED) is 0.563. The Kier molecular flexibility index (Phi) is 9.12. The highest BCUT2D eigenvalue weighted by Crippen LogP contribution is 2.28. The second kappa shape index (κ2) is 12.0. The molecule has 2 amide bonds. The number of hydrogen-bond acceptors (Lipinski definition) is 4. The van der Waals surface area contributed by atoms with Crippen molar-refractivity contribution >= 4 is 17.8 Å². The van der Waals surface area contributed by atoms with Gasteiger partial charge in [-0.15, -0.1) is 0 Å². The molecule has 1 aromatic rings. The zero-order chi connectivity index (χ0) is 22.9. The molecular formula is C26H38N2O4. The van der Waals surface area contributed by atoms with E-state index in [2.05, 4.69) is 10.6 Å². The minimum Gasteiger partial charge on any atom is -0.459 e. The van der Waals surface area contributed by atoms with Crippen LogP contribution in [-0.2, 0) is 25.7 Å². The van der Waals surface area contributed by atoms with Crippen LogP contribution in [0.15, 0.2) is 30.3 Å². The second-order valence-corrected chi connectivity index (χ2v) is 9.82. The number of ether oxygens (including phenoxy) is 1. The zero-order valence-electron chi connectivity index (χ0n) is 19.5. The van der Waals surface area contributed by atoms with Gasteiger partial charge in [-0.25, -0.2) is 4.79 Å². The van der Waals surface area contributed by atoms with E-state index in [4.69, 9.17) is 4.74 Å². The summed E-state index contributed by atoms with van der Waals surface area (Å²) in [5.74, 6) is 0.0434. The van der Waals surface area contributed by atoms with E-state index in [1.165, 1.54) is 0 Å². The smallest absolute Gasteiger partial charge is 0.328 e. The summed E-state index contributed by atoms with van der Waals surface area (Å²) in [6.45, 7) is 4.26. The Morgan fingerprint density at radius 2 is 1.53 bits per heavy atom. The maximum absolute atomic E-state index is 12.9. The number of carbonyl (C=O) groups excluding carboxylic acids is 3. The van der Waals surface area contributed by atoms with E-state index in [9.17, 15) is 14.4 Å². The third-order valence-electron chi connectivity index (χ3n) is 6.70. The first-order valence-corrected chi connectivity index (χ1v) is 12.2. The van der Waals surface area contributed by atoms with Gasteiger partial charge in [0.25, 0.3) is 0 Å². The molecule has 2 aliphatic rings. The highest BCUT2D eigenvalue weighted by Gasteiger charge is 2.32. The van der Waals surface area contributed by atoms with Gasteiger partial charge in [-0.1, -0.05) is 57.0 Å². The Bertz CT molecular complexity index is 750. The Balaban J connectivity index is 1.45. The fourth-order valence-corrected chi connectivity index (χ4v) is 4.81. The molecule has 32 heavy (non-hydrogen) atoms. The number of esters is 1. The molecule has 0 heterocycles. The molecule has 2 saturated carbocycles. The van der Waals surface area contributed by atoms with Gasteiger partial charge >= 0.3 is 5.97 Å². The number of nitrogens with one attached hydrogen (secondary N) is 2. The van der Waals surface area contributed by atoms with Crippen molar-refractivity contribution in [1.82, 2.24) is 10.6 Å². The maximum Gasteiger partial charge on any atom is 0.328 e. The van der Waals surface area contributed by atoms with Gasteiger partial charge in [-0.3, -0.25) is 9.59 Å². The first-order valence-electron chi connectivity index (χ1n) is 12.2. The molecule has 2 fully saturated rings. The Labute approximate surface area is 191 Å². The summed E-state index contributed by atoms with van der Waals surface area (Å²) in [5.41, 5.74) is 0.924. The van der Waals surface area contributed by atoms with E-state index in [1.54, 1.807) is 0 Å². The van der Waals surface area contributed by atoms with Crippen LogP contribution in [0.1, 0.15) is 77.2 Å². The van der Waals surface area contributed by atoms with Crippen LogP contribution >= 0.6 is 0 Å². The van der Waals surface area contributed by atoms with Crippen molar-refractivity contribution in [2.24, 2.45) is 17.8 Å². The molecule has 3 rings (SSSR count). The number of hydrogen-bond donors (Lipinski definition) is 2. The third-order valence-corrected chi connectivity index (χ3v) is 6.70. The Hall–Kier alpha value is -2.37. The highest BCUT2D eigenvalue weighted by molar-refractivity contribution is 5.86. The van der Waals surface area contributed by atoms with Crippen LogP contribution in [0, 0.1) is 17.8 Å². The third kappa shape index (κ3) is 7.35. The van der Waals surface area contributed by atoms with E-state index in [1.807, 2.05) is 44.2 Å². The summed E-state index contributed by atoms with van der Waals surface area (Å²) < 4.78 is 5.49. The van der Waals surface area contributed by atoms with Crippen LogP contribution in [0.4, 0.5) is 0 Å². The summed E-state index contributed by atoms with van der Waals surface area (Å²) in [4.78, 5) is 38.0. The molecule has 0 aromatic heterocycles. The molecule has 0 saturated heterocycles. The lowest BCUT2D eigenvalue weighted by Crippen LogP contribution is -2.47. The summed E-state index contributed by atoms with van der Waals surface area (Å²) in [6.07, 6.45) is 7.93. The van der Waals surface area contributed by atoms with Crippen molar-refractivity contribution in [1.29, 1.82) is 0 Å².